The molecule has 0 amide bonds. The molecule has 18 heavy (non-hydrogen) atoms. The maximum absolute atomic E-state index is 5.46. The molecule has 99 valence electrons. The van der Waals surface area contributed by atoms with Crippen LogP contribution in [0, 0.1) is 6.92 Å². The summed E-state index contributed by atoms with van der Waals surface area (Å²) in [7, 11) is 3.35. The van der Waals surface area contributed by atoms with E-state index in [0.717, 1.165) is 55.5 Å². The van der Waals surface area contributed by atoms with E-state index in [-0.39, 0.29) is 0 Å². The SMILES string of the molecule is [CH2]c1ccc(OC)c(CN2CCOCC2)c1OC. The zero-order valence-electron chi connectivity index (χ0n) is 11.1. The van der Waals surface area contributed by atoms with Gasteiger partial charge in [-0.1, -0.05) is 6.07 Å². The molecule has 0 N–H and O–H groups in total. The van der Waals surface area contributed by atoms with Crippen LogP contribution in [0.25, 0.3) is 0 Å². The lowest BCUT2D eigenvalue weighted by Gasteiger charge is -2.28. The van der Waals surface area contributed by atoms with Crippen LogP contribution in [0.15, 0.2) is 12.1 Å². The van der Waals surface area contributed by atoms with E-state index < -0.39 is 0 Å². The third-order valence-corrected chi connectivity index (χ3v) is 3.21. The predicted molar refractivity (Wildman–Crippen MR) is 70.1 cm³/mol. The highest BCUT2D eigenvalue weighted by Gasteiger charge is 2.18. The zero-order chi connectivity index (χ0) is 13.0. The fraction of sp³-hybridized carbons (Fsp3) is 0.500. The first-order chi connectivity index (χ1) is 8.76. The Hall–Kier alpha value is -1.26. The van der Waals surface area contributed by atoms with E-state index in [0.29, 0.717) is 0 Å². The van der Waals surface area contributed by atoms with E-state index in [1.807, 2.05) is 12.1 Å². The van der Waals surface area contributed by atoms with Crippen molar-refractivity contribution in [3.8, 4) is 11.5 Å². The van der Waals surface area contributed by atoms with Gasteiger partial charge in [-0.2, -0.15) is 0 Å². The van der Waals surface area contributed by atoms with Crippen LogP contribution in [-0.4, -0.2) is 45.4 Å². The zero-order valence-corrected chi connectivity index (χ0v) is 11.1. The van der Waals surface area contributed by atoms with Gasteiger partial charge < -0.3 is 14.2 Å². The molecule has 0 aliphatic carbocycles. The molecular formula is C14H20NO3. The highest BCUT2D eigenvalue weighted by Crippen LogP contribution is 2.32. The van der Waals surface area contributed by atoms with Gasteiger partial charge in [0.1, 0.15) is 11.5 Å². The molecule has 1 aromatic carbocycles. The van der Waals surface area contributed by atoms with Gasteiger partial charge in [0.05, 0.1) is 33.0 Å². The van der Waals surface area contributed by atoms with Gasteiger partial charge in [-0.25, -0.2) is 0 Å². The van der Waals surface area contributed by atoms with Crippen molar-refractivity contribution in [1.29, 1.82) is 0 Å². The number of benzene rings is 1. The number of morpholine rings is 1. The van der Waals surface area contributed by atoms with Crippen molar-refractivity contribution in [2.24, 2.45) is 0 Å². The summed E-state index contributed by atoms with van der Waals surface area (Å²) in [6.07, 6.45) is 0. The molecule has 0 atom stereocenters. The molecule has 2 rings (SSSR count). The van der Waals surface area contributed by atoms with E-state index in [1.54, 1.807) is 14.2 Å². The summed E-state index contributed by atoms with van der Waals surface area (Å²) in [6.45, 7) is 8.25. The summed E-state index contributed by atoms with van der Waals surface area (Å²) in [5.74, 6) is 1.67. The minimum absolute atomic E-state index is 0.786. The Labute approximate surface area is 108 Å². The molecule has 0 spiro atoms. The molecule has 1 aliphatic rings. The van der Waals surface area contributed by atoms with Crippen molar-refractivity contribution in [2.75, 3.05) is 40.5 Å². The van der Waals surface area contributed by atoms with Crippen molar-refractivity contribution in [3.05, 3.63) is 30.2 Å². The molecule has 1 saturated heterocycles. The maximum atomic E-state index is 5.46. The van der Waals surface area contributed by atoms with Crippen molar-refractivity contribution in [2.45, 2.75) is 6.54 Å². The predicted octanol–water partition coefficient (Wildman–Crippen LogP) is 1.72. The second-order valence-corrected chi connectivity index (χ2v) is 4.33. The molecule has 0 unspecified atom stereocenters. The molecule has 0 aromatic heterocycles. The van der Waals surface area contributed by atoms with Gasteiger partial charge in [0.15, 0.2) is 0 Å². The summed E-state index contributed by atoms with van der Waals surface area (Å²) in [4.78, 5) is 2.34. The van der Waals surface area contributed by atoms with Crippen LogP contribution in [0.3, 0.4) is 0 Å². The molecule has 1 aliphatic heterocycles. The van der Waals surface area contributed by atoms with Gasteiger partial charge in [0, 0.05) is 19.6 Å². The van der Waals surface area contributed by atoms with Gasteiger partial charge in [0.25, 0.3) is 0 Å². The van der Waals surface area contributed by atoms with Crippen LogP contribution in [0.5, 0.6) is 11.5 Å². The monoisotopic (exact) mass is 250 g/mol. The van der Waals surface area contributed by atoms with Crippen LogP contribution < -0.4 is 9.47 Å². The Kier molecular flexibility index (Phi) is 4.44. The van der Waals surface area contributed by atoms with E-state index in [2.05, 4.69) is 11.8 Å². The number of ether oxygens (including phenoxy) is 3. The van der Waals surface area contributed by atoms with Gasteiger partial charge in [-0.15, -0.1) is 0 Å². The highest BCUT2D eigenvalue weighted by molar-refractivity contribution is 5.51. The van der Waals surface area contributed by atoms with Crippen molar-refractivity contribution < 1.29 is 14.2 Å². The maximum Gasteiger partial charge on any atom is 0.130 e. The number of rotatable bonds is 4. The van der Waals surface area contributed by atoms with Gasteiger partial charge >= 0.3 is 0 Å². The highest BCUT2D eigenvalue weighted by atomic mass is 16.5. The summed E-state index contributed by atoms with van der Waals surface area (Å²) in [5, 5.41) is 0. The van der Waals surface area contributed by atoms with Crippen LogP contribution >= 0.6 is 0 Å². The minimum Gasteiger partial charge on any atom is -0.496 e. The lowest BCUT2D eigenvalue weighted by Crippen LogP contribution is -2.35. The van der Waals surface area contributed by atoms with Crippen LogP contribution in [0.4, 0.5) is 0 Å². The first kappa shape index (κ1) is 13.2. The topological polar surface area (TPSA) is 30.9 Å². The molecule has 0 saturated carbocycles. The van der Waals surface area contributed by atoms with E-state index in [9.17, 15) is 0 Å². The Balaban J connectivity index is 2.25. The molecule has 1 heterocycles. The minimum atomic E-state index is 0.786. The second-order valence-electron chi connectivity index (χ2n) is 4.33. The first-order valence-electron chi connectivity index (χ1n) is 6.12. The summed E-state index contributed by atoms with van der Waals surface area (Å²) in [5.41, 5.74) is 1.95. The van der Waals surface area contributed by atoms with E-state index in [1.165, 1.54) is 0 Å². The molecule has 4 heteroatoms. The summed E-state index contributed by atoms with van der Waals surface area (Å²) >= 11 is 0. The number of hydrogen-bond acceptors (Lipinski definition) is 4. The fourth-order valence-corrected chi connectivity index (χ4v) is 2.24. The Morgan fingerprint density at radius 3 is 2.56 bits per heavy atom. The van der Waals surface area contributed by atoms with E-state index >= 15 is 0 Å². The van der Waals surface area contributed by atoms with Crippen LogP contribution in [-0.2, 0) is 11.3 Å². The largest absolute Gasteiger partial charge is 0.496 e. The van der Waals surface area contributed by atoms with Crippen molar-refractivity contribution in [3.63, 3.8) is 0 Å². The molecule has 4 nitrogen and oxygen atoms in total. The van der Waals surface area contributed by atoms with Crippen molar-refractivity contribution in [1.82, 2.24) is 4.90 Å². The molecular weight excluding hydrogens is 230 g/mol. The average Bonchev–Trinajstić information content (AvgIpc) is 2.40. The van der Waals surface area contributed by atoms with Crippen LogP contribution in [0.2, 0.25) is 0 Å². The smallest absolute Gasteiger partial charge is 0.130 e. The normalized spacial score (nSPS) is 16.6. The van der Waals surface area contributed by atoms with Gasteiger partial charge in [-0.3, -0.25) is 4.90 Å². The first-order valence-corrected chi connectivity index (χ1v) is 6.12. The number of methoxy groups -OCH3 is 2. The number of nitrogens with zero attached hydrogens (tertiary/aromatic N) is 1. The Morgan fingerprint density at radius 2 is 1.94 bits per heavy atom. The van der Waals surface area contributed by atoms with Crippen LogP contribution in [0.1, 0.15) is 11.1 Å². The quantitative estimate of drug-likeness (QED) is 0.814. The number of hydrogen-bond donors (Lipinski definition) is 0. The summed E-state index contributed by atoms with van der Waals surface area (Å²) in [6, 6.07) is 3.86. The third-order valence-electron chi connectivity index (χ3n) is 3.21. The summed E-state index contributed by atoms with van der Waals surface area (Å²) < 4.78 is 16.2. The second kappa shape index (κ2) is 6.07. The fourth-order valence-electron chi connectivity index (χ4n) is 2.24. The average molecular weight is 250 g/mol. The van der Waals surface area contributed by atoms with Gasteiger partial charge in [-0.05, 0) is 18.6 Å². The Morgan fingerprint density at radius 1 is 1.22 bits per heavy atom. The van der Waals surface area contributed by atoms with Crippen molar-refractivity contribution >= 4 is 0 Å². The Bertz CT molecular complexity index is 400. The lowest BCUT2D eigenvalue weighted by molar-refractivity contribution is 0.0335. The molecule has 1 fully saturated rings. The third kappa shape index (κ3) is 2.76. The van der Waals surface area contributed by atoms with Gasteiger partial charge in [0.2, 0.25) is 0 Å². The standard InChI is InChI=1S/C14H20NO3/c1-11-4-5-13(16-2)12(14(11)17-3)10-15-6-8-18-9-7-15/h4-5H,1,6-10H2,2-3H3. The molecule has 1 aromatic rings. The lowest BCUT2D eigenvalue weighted by atomic mass is 10.1. The van der Waals surface area contributed by atoms with E-state index in [4.69, 9.17) is 14.2 Å². The molecule has 1 radical (unpaired) electrons. The molecule has 0 bridgehead atoms.